The van der Waals surface area contributed by atoms with Crippen LogP contribution in [-0.4, -0.2) is 21.5 Å². The van der Waals surface area contributed by atoms with Crippen LogP contribution in [0.4, 0.5) is 5.82 Å². The van der Waals surface area contributed by atoms with Crippen LogP contribution in [-0.2, 0) is 0 Å². The highest BCUT2D eigenvalue weighted by atomic mass is 15.0. The summed E-state index contributed by atoms with van der Waals surface area (Å²) in [5.74, 6) is 3.72. The fourth-order valence-corrected chi connectivity index (χ4v) is 1.25. The lowest BCUT2D eigenvalue weighted by molar-refractivity contribution is 0.881. The SMILES string of the molecule is CC(C)C1=NC=C=Nc2nc[nH]c21. The van der Waals surface area contributed by atoms with Crippen molar-refractivity contribution < 1.29 is 0 Å². The van der Waals surface area contributed by atoms with Crippen LogP contribution in [0.2, 0.25) is 0 Å². The maximum absolute atomic E-state index is 4.25. The fraction of sp³-hybridized carbons (Fsp3) is 0.333. The Bertz CT molecular complexity index is 405. The molecule has 0 fully saturated rings. The van der Waals surface area contributed by atoms with E-state index < -0.39 is 0 Å². The molecule has 1 aliphatic heterocycles. The van der Waals surface area contributed by atoms with Crippen LogP contribution in [0.3, 0.4) is 0 Å². The van der Waals surface area contributed by atoms with Crippen LogP contribution in [0, 0.1) is 5.92 Å². The normalized spacial score (nSPS) is 14.2. The summed E-state index contributed by atoms with van der Waals surface area (Å²) in [6.45, 7) is 4.17. The Labute approximate surface area is 76.1 Å². The molecule has 0 saturated heterocycles. The Morgan fingerprint density at radius 1 is 1.46 bits per heavy atom. The van der Waals surface area contributed by atoms with E-state index in [4.69, 9.17) is 0 Å². The molecule has 1 aromatic heterocycles. The minimum absolute atomic E-state index is 0.352. The molecule has 66 valence electrons. The third-order valence-electron chi connectivity index (χ3n) is 1.85. The van der Waals surface area contributed by atoms with E-state index in [1.54, 1.807) is 12.5 Å². The highest BCUT2D eigenvalue weighted by Crippen LogP contribution is 2.19. The lowest BCUT2D eigenvalue weighted by Crippen LogP contribution is -2.09. The van der Waals surface area contributed by atoms with Crippen LogP contribution in [0.15, 0.2) is 22.5 Å². The van der Waals surface area contributed by atoms with Crippen molar-refractivity contribution >= 4 is 17.4 Å². The average molecular weight is 174 g/mol. The number of imidazole rings is 1. The lowest BCUT2D eigenvalue weighted by atomic mass is 10.1. The molecular weight excluding hydrogens is 164 g/mol. The maximum atomic E-state index is 4.25. The molecule has 0 bridgehead atoms. The molecule has 0 spiro atoms. The van der Waals surface area contributed by atoms with Crippen molar-refractivity contribution in [1.82, 2.24) is 9.97 Å². The molecule has 1 N–H and O–H groups in total. The zero-order valence-electron chi connectivity index (χ0n) is 7.57. The maximum Gasteiger partial charge on any atom is 0.188 e. The van der Waals surface area contributed by atoms with Crippen LogP contribution < -0.4 is 0 Å². The minimum Gasteiger partial charge on any atom is -0.342 e. The molecule has 1 aromatic rings. The first-order valence-corrected chi connectivity index (χ1v) is 4.18. The molecule has 0 saturated carbocycles. The van der Waals surface area contributed by atoms with Gasteiger partial charge in [0.25, 0.3) is 0 Å². The first kappa shape index (κ1) is 7.95. The van der Waals surface area contributed by atoms with E-state index >= 15 is 0 Å². The summed E-state index contributed by atoms with van der Waals surface area (Å²) in [7, 11) is 0. The van der Waals surface area contributed by atoms with Crippen molar-refractivity contribution in [3.8, 4) is 0 Å². The molecule has 4 nitrogen and oxygen atoms in total. The Balaban J connectivity index is 2.58. The first-order chi connectivity index (χ1) is 6.29. The van der Waals surface area contributed by atoms with Gasteiger partial charge < -0.3 is 4.98 Å². The number of H-pyrrole nitrogens is 1. The summed E-state index contributed by atoms with van der Waals surface area (Å²) in [6.07, 6.45) is 3.20. The van der Waals surface area contributed by atoms with E-state index in [0.29, 0.717) is 11.7 Å². The molecule has 0 aromatic carbocycles. The number of rotatable bonds is 1. The molecule has 0 atom stereocenters. The number of nitrogens with one attached hydrogen (secondary N) is 1. The number of aliphatic imine (C=N–C) groups is 2. The van der Waals surface area contributed by atoms with Gasteiger partial charge in [0.05, 0.1) is 18.2 Å². The lowest BCUT2D eigenvalue weighted by Gasteiger charge is -2.05. The predicted molar refractivity (Wildman–Crippen MR) is 51.6 cm³/mol. The largest absolute Gasteiger partial charge is 0.342 e. The smallest absolute Gasteiger partial charge is 0.188 e. The molecule has 0 radical (unpaired) electrons. The average Bonchev–Trinajstić information content (AvgIpc) is 2.44. The Morgan fingerprint density at radius 2 is 2.31 bits per heavy atom. The van der Waals surface area contributed by atoms with Crippen LogP contribution in [0.5, 0.6) is 0 Å². The van der Waals surface area contributed by atoms with Crippen LogP contribution in [0.1, 0.15) is 19.5 Å². The zero-order valence-corrected chi connectivity index (χ0v) is 7.57. The second-order valence-electron chi connectivity index (χ2n) is 3.14. The van der Waals surface area contributed by atoms with E-state index in [-0.39, 0.29) is 0 Å². The van der Waals surface area contributed by atoms with Crippen molar-refractivity contribution in [2.45, 2.75) is 13.8 Å². The van der Waals surface area contributed by atoms with Gasteiger partial charge in [-0.15, -0.1) is 0 Å². The van der Waals surface area contributed by atoms with Crippen molar-refractivity contribution in [1.29, 1.82) is 0 Å². The number of hydrogen-bond donors (Lipinski definition) is 1. The highest BCUT2D eigenvalue weighted by molar-refractivity contribution is 6.05. The van der Waals surface area contributed by atoms with Crippen LogP contribution in [0.25, 0.3) is 0 Å². The van der Waals surface area contributed by atoms with Crippen molar-refractivity contribution in [2.75, 3.05) is 0 Å². The third kappa shape index (κ3) is 1.32. The fourth-order valence-electron chi connectivity index (χ4n) is 1.25. The minimum atomic E-state index is 0.352. The highest BCUT2D eigenvalue weighted by Gasteiger charge is 2.15. The number of hydrogen-bond acceptors (Lipinski definition) is 3. The quantitative estimate of drug-likeness (QED) is 0.692. The predicted octanol–water partition coefficient (Wildman–Crippen LogP) is 1.68. The van der Waals surface area contributed by atoms with E-state index in [0.717, 1.165) is 11.4 Å². The Kier molecular flexibility index (Phi) is 1.83. The second kappa shape index (κ2) is 2.99. The van der Waals surface area contributed by atoms with Gasteiger partial charge in [-0.1, -0.05) is 13.8 Å². The number of nitrogens with zero attached hydrogens (tertiary/aromatic N) is 3. The van der Waals surface area contributed by atoms with Gasteiger partial charge in [-0.2, -0.15) is 4.99 Å². The Hall–Kier alpha value is -1.67. The summed E-state index contributed by atoms with van der Waals surface area (Å²) >= 11 is 0. The summed E-state index contributed by atoms with van der Waals surface area (Å²) in [5, 5.41) is 0. The number of aromatic nitrogens is 2. The summed E-state index contributed by atoms with van der Waals surface area (Å²) in [6, 6.07) is 0. The molecule has 0 amide bonds. The third-order valence-corrected chi connectivity index (χ3v) is 1.85. The van der Waals surface area contributed by atoms with Gasteiger partial charge in [0.1, 0.15) is 5.69 Å². The second-order valence-corrected chi connectivity index (χ2v) is 3.14. The number of aromatic amines is 1. The van der Waals surface area contributed by atoms with E-state index in [9.17, 15) is 0 Å². The molecule has 2 heterocycles. The molecule has 2 rings (SSSR count). The van der Waals surface area contributed by atoms with Crippen molar-refractivity contribution in [2.24, 2.45) is 15.9 Å². The van der Waals surface area contributed by atoms with Gasteiger partial charge in [-0.05, 0) is 5.92 Å². The number of fused-ring (bicyclic) bond motifs is 1. The van der Waals surface area contributed by atoms with E-state index in [1.165, 1.54) is 0 Å². The first-order valence-electron chi connectivity index (χ1n) is 4.18. The molecule has 13 heavy (non-hydrogen) atoms. The summed E-state index contributed by atoms with van der Waals surface area (Å²) in [5.41, 5.74) is 1.87. The molecule has 4 heteroatoms. The summed E-state index contributed by atoms with van der Waals surface area (Å²) in [4.78, 5) is 15.4. The molecule has 1 aliphatic rings. The van der Waals surface area contributed by atoms with Gasteiger partial charge >= 0.3 is 0 Å². The van der Waals surface area contributed by atoms with Crippen molar-refractivity contribution in [3.63, 3.8) is 0 Å². The molecule has 0 aliphatic carbocycles. The topological polar surface area (TPSA) is 53.4 Å². The van der Waals surface area contributed by atoms with Gasteiger partial charge in [-0.3, -0.25) is 0 Å². The van der Waals surface area contributed by atoms with Crippen LogP contribution >= 0.6 is 0 Å². The molecule has 0 unspecified atom stereocenters. The standard InChI is InChI=1S/C9H10N4/c1-6(2)7-8-9(13-5-12-8)11-4-3-10-7/h3,5-6H,1-2H3,(H,12,13). The summed E-state index contributed by atoms with van der Waals surface area (Å²) < 4.78 is 0. The van der Waals surface area contributed by atoms with Gasteiger partial charge in [-0.25, -0.2) is 9.98 Å². The van der Waals surface area contributed by atoms with Crippen molar-refractivity contribution in [3.05, 3.63) is 18.2 Å². The zero-order chi connectivity index (χ0) is 9.26. The van der Waals surface area contributed by atoms with Gasteiger partial charge in [0.2, 0.25) is 0 Å². The monoisotopic (exact) mass is 174 g/mol. The van der Waals surface area contributed by atoms with E-state index in [2.05, 4.69) is 39.7 Å². The van der Waals surface area contributed by atoms with Gasteiger partial charge in [0.15, 0.2) is 5.82 Å². The Morgan fingerprint density at radius 3 is 3.08 bits per heavy atom. The molecular formula is C9H10N4. The van der Waals surface area contributed by atoms with E-state index in [1.807, 2.05) is 0 Å². The van der Waals surface area contributed by atoms with Gasteiger partial charge in [0, 0.05) is 5.87 Å².